The molecule has 0 fully saturated rings. The highest BCUT2D eigenvalue weighted by atomic mass is 35.5. The first-order valence-corrected chi connectivity index (χ1v) is 3.43. The number of nitrogens with one attached hydrogen (secondary N) is 1. The Hall–Kier alpha value is -1.49. The van der Waals surface area contributed by atoms with Gasteiger partial charge in [0.15, 0.2) is 0 Å². The maximum absolute atomic E-state index is 10.2. The van der Waals surface area contributed by atoms with Gasteiger partial charge in [0, 0.05) is 23.9 Å². The Morgan fingerprint density at radius 1 is 1.58 bits per heavy atom. The van der Waals surface area contributed by atoms with Crippen LogP contribution in [0, 0.1) is 10.1 Å². The van der Waals surface area contributed by atoms with Crippen LogP contribution in [0.2, 0.25) is 0 Å². The van der Waals surface area contributed by atoms with Gasteiger partial charge in [-0.05, 0) is 6.07 Å². The zero-order chi connectivity index (χ0) is 9.14. The number of rotatable bonds is 2. The third-order valence-corrected chi connectivity index (χ3v) is 1.55. The van der Waals surface area contributed by atoms with Crippen molar-refractivity contribution in [3.05, 3.63) is 28.3 Å². The molecular weight excluding hydrogens is 182 g/mol. The van der Waals surface area contributed by atoms with Crippen molar-refractivity contribution in [3.63, 3.8) is 0 Å². The van der Waals surface area contributed by atoms with Crippen molar-refractivity contribution in [2.24, 2.45) is 0 Å². The Labute approximate surface area is 73.4 Å². The molecule has 12 heavy (non-hydrogen) atoms. The van der Waals surface area contributed by atoms with Crippen LogP contribution in [-0.4, -0.2) is 4.92 Å². The van der Waals surface area contributed by atoms with Gasteiger partial charge in [0.25, 0.3) is 5.69 Å². The summed E-state index contributed by atoms with van der Waals surface area (Å²) in [6.07, 6.45) is 0. The van der Waals surface area contributed by atoms with E-state index in [0.29, 0.717) is 5.69 Å². The van der Waals surface area contributed by atoms with Gasteiger partial charge in [0.05, 0.1) is 16.3 Å². The van der Waals surface area contributed by atoms with Crippen LogP contribution in [0.4, 0.5) is 17.1 Å². The van der Waals surface area contributed by atoms with E-state index in [4.69, 9.17) is 17.5 Å². The average Bonchev–Trinajstić information content (AvgIpc) is 2.04. The van der Waals surface area contributed by atoms with Crippen LogP contribution < -0.4 is 10.6 Å². The van der Waals surface area contributed by atoms with E-state index in [1.165, 1.54) is 18.2 Å². The number of hydrogen-bond donors (Lipinski definition) is 2. The Morgan fingerprint density at radius 2 is 2.25 bits per heavy atom. The van der Waals surface area contributed by atoms with Crippen molar-refractivity contribution in [1.29, 1.82) is 0 Å². The van der Waals surface area contributed by atoms with E-state index < -0.39 is 4.92 Å². The van der Waals surface area contributed by atoms with Crippen LogP contribution in [-0.2, 0) is 0 Å². The van der Waals surface area contributed by atoms with Crippen LogP contribution in [0.3, 0.4) is 0 Å². The standard InChI is InChI=1S/C6H6ClN3O2/c7-9-6-2-1-4(10(11)12)3-5(6)8/h1-3,9H,8H2. The maximum Gasteiger partial charge on any atom is 0.271 e. The van der Waals surface area contributed by atoms with Gasteiger partial charge in [-0.2, -0.15) is 0 Å². The zero-order valence-electron chi connectivity index (χ0n) is 5.95. The molecule has 0 saturated heterocycles. The van der Waals surface area contributed by atoms with Crippen LogP contribution in [0.1, 0.15) is 0 Å². The van der Waals surface area contributed by atoms with Gasteiger partial charge in [-0.1, -0.05) is 0 Å². The predicted molar refractivity (Wildman–Crippen MR) is 47.0 cm³/mol. The lowest BCUT2D eigenvalue weighted by Gasteiger charge is -2.00. The Kier molecular flexibility index (Phi) is 2.35. The number of halogens is 1. The summed E-state index contributed by atoms with van der Waals surface area (Å²) in [5.41, 5.74) is 6.08. The van der Waals surface area contributed by atoms with E-state index >= 15 is 0 Å². The molecule has 1 rings (SSSR count). The largest absolute Gasteiger partial charge is 0.397 e. The Morgan fingerprint density at radius 3 is 2.67 bits per heavy atom. The molecule has 0 radical (unpaired) electrons. The molecule has 0 unspecified atom stereocenters. The summed E-state index contributed by atoms with van der Waals surface area (Å²) >= 11 is 5.26. The van der Waals surface area contributed by atoms with Crippen molar-refractivity contribution in [2.45, 2.75) is 0 Å². The normalized spacial score (nSPS) is 9.42. The molecule has 0 bridgehead atoms. The minimum atomic E-state index is -0.519. The minimum Gasteiger partial charge on any atom is -0.397 e. The number of hydrogen-bond acceptors (Lipinski definition) is 4. The van der Waals surface area contributed by atoms with Crippen LogP contribution in [0.5, 0.6) is 0 Å². The number of anilines is 2. The summed E-state index contributed by atoms with van der Waals surface area (Å²) in [5, 5.41) is 10.2. The van der Waals surface area contributed by atoms with E-state index in [-0.39, 0.29) is 11.4 Å². The summed E-state index contributed by atoms with van der Waals surface area (Å²) in [6.45, 7) is 0. The summed E-state index contributed by atoms with van der Waals surface area (Å²) < 4.78 is 0. The molecule has 0 heterocycles. The molecule has 1 aromatic carbocycles. The SMILES string of the molecule is Nc1cc([N+](=O)[O-])ccc1NCl. The highest BCUT2D eigenvalue weighted by molar-refractivity contribution is 6.24. The van der Waals surface area contributed by atoms with Crippen LogP contribution in [0.25, 0.3) is 0 Å². The lowest BCUT2D eigenvalue weighted by Crippen LogP contribution is -1.94. The van der Waals surface area contributed by atoms with E-state index in [2.05, 4.69) is 4.84 Å². The van der Waals surface area contributed by atoms with E-state index in [1.807, 2.05) is 0 Å². The second-order valence-electron chi connectivity index (χ2n) is 2.12. The van der Waals surface area contributed by atoms with Gasteiger partial charge in [-0.15, -0.1) is 0 Å². The molecular formula is C6H6ClN3O2. The lowest BCUT2D eigenvalue weighted by atomic mass is 10.2. The predicted octanol–water partition coefficient (Wildman–Crippen LogP) is 1.74. The van der Waals surface area contributed by atoms with Crippen molar-refractivity contribution in [3.8, 4) is 0 Å². The molecule has 3 N–H and O–H groups in total. The Balaban J connectivity index is 3.10. The molecule has 5 nitrogen and oxygen atoms in total. The van der Waals surface area contributed by atoms with Crippen molar-refractivity contribution in [1.82, 2.24) is 0 Å². The van der Waals surface area contributed by atoms with Crippen LogP contribution >= 0.6 is 11.8 Å². The third kappa shape index (κ3) is 1.57. The van der Waals surface area contributed by atoms with Gasteiger partial charge in [-0.25, -0.2) is 0 Å². The topological polar surface area (TPSA) is 81.2 Å². The Bertz CT molecular complexity index is 316. The highest BCUT2D eigenvalue weighted by Crippen LogP contribution is 2.24. The number of nitro benzene ring substituents is 1. The van der Waals surface area contributed by atoms with Gasteiger partial charge in [0.1, 0.15) is 0 Å². The van der Waals surface area contributed by atoms with Crippen LogP contribution in [0.15, 0.2) is 18.2 Å². The second-order valence-corrected chi connectivity index (χ2v) is 2.31. The molecule has 6 heteroatoms. The number of non-ortho nitro benzene ring substituents is 1. The van der Waals surface area contributed by atoms with Crippen molar-refractivity contribution >= 4 is 28.8 Å². The first-order valence-electron chi connectivity index (χ1n) is 3.05. The van der Waals surface area contributed by atoms with Gasteiger partial charge in [-0.3, -0.25) is 15.0 Å². The van der Waals surface area contributed by atoms with Gasteiger partial charge >= 0.3 is 0 Å². The molecule has 0 aromatic heterocycles. The average molecular weight is 188 g/mol. The van der Waals surface area contributed by atoms with E-state index in [9.17, 15) is 10.1 Å². The third-order valence-electron chi connectivity index (χ3n) is 1.35. The first kappa shape index (κ1) is 8.61. The molecule has 1 aromatic rings. The smallest absolute Gasteiger partial charge is 0.271 e. The first-order chi connectivity index (χ1) is 5.65. The number of nitrogens with zero attached hydrogens (tertiary/aromatic N) is 1. The molecule has 0 aliphatic heterocycles. The number of nitro groups is 1. The fourth-order valence-electron chi connectivity index (χ4n) is 0.750. The van der Waals surface area contributed by atoms with E-state index in [1.54, 1.807) is 0 Å². The van der Waals surface area contributed by atoms with Crippen molar-refractivity contribution in [2.75, 3.05) is 10.6 Å². The number of nitrogen functional groups attached to an aromatic ring is 1. The monoisotopic (exact) mass is 187 g/mol. The maximum atomic E-state index is 10.2. The van der Waals surface area contributed by atoms with Crippen molar-refractivity contribution < 1.29 is 4.92 Å². The molecule has 0 aliphatic rings. The molecule has 0 spiro atoms. The molecule has 0 saturated carbocycles. The fourth-order valence-corrected chi connectivity index (χ4v) is 0.922. The zero-order valence-corrected chi connectivity index (χ0v) is 6.71. The number of nitrogens with two attached hydrogens (primary N) is 1. The minimum absolute atomic E-state index is 0.0526. The van der Waals surface area contributed by atoms with Gasteiger partial charge in [0.2, 0.25) is 0 Å². The molecule has 64 valence electrons. The molecule has 0 atom stereocenters. The lowest BCUT2D eigenvalue weighted by molar-refractivity contribution is -0.384. The van der Waals surface area contributed by atoms with Gasteiger partial charge < -0.3 is 5.73 Å². The highest BCUT2D eigenvalue weighted by Gasteiger charge is 2.07. The summed E-state index contributed by atoms with van der Waals surface area (Å²) in [4.78, 5) is 12.0. The molecule has 0 aliphatic carbocycles. The summed E-state index contributed by atoms with van der Waals surface area (Å²) in [7, 11) is 0. The molecule has 0 amide bonds. The quantitative estimate of drug-likeness (QED) is 0.320. The van der Waals surface area contributed by atoms with E-state index in [0.717, 1.165) is 0 Å². The summed E-state index contributed by atoms with van der Waals surface area (Å²) in [6, 6.07) is 4.01. The fraction of sp³-hybridized carbons (Fsp3) is 0. The second kappa shape index (κ2) is 3.27. The summed E-state index contributed by atoms with van der Waals surface area (Å²) in [5.74, 6) is 0. The number of benzene rings is 1.